The van der Waals surface area contributed by atoms with Crippen molar-refractivity contribution in [3.8, 4) is 11.5 Å². The van der Waals surface area contributed by atoms with Crippen LogP contribution in [0, 0.1) is 0 Å². The number of ether oxygens (including phenoxy) is 2. The summed E-state index contributed by atoms with van der Waals surface area (Å²) < 4.78 is 11.5. The zero-order valence-corrected chi connectivity index (χ0v) is 13.1. The van der Waals surface area contributed by atoms with Crippen LogP contribution in [-0.4, -0.2) is 55.9 Å². The van der Waals surface area contributed by atoms with E-state index in [9.17, 15) is 9.90 Å². The number of carboxylic acid groups (broad SMARTS) is 1. The van der Waals surface area contributed by atoms with Gasteiger partial charge in [-0.25, -0.2) is 0 Å². The molecule has 1 aromatic rings. The van der Waals surface area contributed by atoms with Gasteiger partial charge in [0.15, 0.2) is 11.5 Å². The van der Waals surface area contributed by atoms with E-state index in [0.717, 1.165) is 25.9 Å². The Bertz CT molecular complexity index is 513. The second-order valence-electron chi connectivity index (χ2n) is 5.63. The molecule has 22 heavy (non-hydrogen) atoms. The molecule has 6 nitrogen and oxygen atoms in total. The average Bonchev–Trinajstić information content (AvgIpc) is 2.51. The minimum absolute atomic E-state index is 0.0201. The van der Waals surface area contributed by atoms with Crippen LogP contribution in [0.5, 0.6) is 11.5 Å². The molecule has 1 atom stereocenters. The lowest BCUT2D eigenvalue weighted by Crippen LogP contribution is -2.36. The monoisotopic (exact) mass is 308 g/mol. The van der Waals surface area contributed by atoms with Crippen LogP contribution >= 0.6 is 0 Å². The second-order valence-corrected chi connectivity index (χ2v) is 5.63. The molecule has 3 N–H and O–H groups in total. The highest BCUT2D eigenvalue weighted by Crippen LogP contribution is 2.37. The van der Waals surface area contributed by atoms with Crippen LogP contribution in [0.4, 0.5) is 0 Å². The maximum Gasteiger partial charge on any atom is 0.312 e. The third-order valence-corrected chi connectivity index (χ3v) is 4.09. The molecule has 0 spiro atoms. The second kappa shape index (κ2) is 7.47. The summed E-state index contributed by atoms with van der Waals surface area (Å²) in [6.07, 6.45) is 1.89. The van der Waals surface area contributed by atoms with Crippen LogP contribution < -0.4 is 15.2 Å². The van der Waals surface area contributed by atoms with Gasteiger partial charge in [-0.15, -0.1) is 0 Å². The lowest BCUT2D eigenvalue weighted by molar-refractivity contribution is -0.138. The van der Waals surface area contributed by atoms with E-state index in [1.807, 2.05) is 0 Å². The summed E-state index contributed by atoms with van der Waals surface area (Å²) in [4.78, 5) is 13.7. The summed E-state index contributed by atoms with van der Waals surface area (Å²) in [5.41, 5.74) is 6.21. The molecule has 6 heteroatoms. The van der Waals surface area contributed by atoms with E-state index in [0.29, 0.717) is 17.1 Å². The van der Waals surface area contributed by atoms with Gasteiger partial charge in [0.2, 0.25) is 0 Å². The van der Waals surface area contributed by atoms with Crippen molar-refractivity contribution in [3.05, 3.63) is 23.8 Å². The number of rotatable bonds is 6. The van der Waals surface area contributed by atoms with Gasteiger partial charge in [0.25, 0.3) is 0 Å². The van der Waals surface area contributed by atoms with Crippen LogP contribution in [0.25, 0.3) is 0 Å². The number of carboxylic acids is 1. The molecule has 0 radical (unpaired) electrons. The Morgan fingerprint density at radius 3 is 2.68 bits per heavy atom. The SMILES string of the molecule is COc1cccc(C(CN)C(=O)O)c1OC1CCN(C)CC1. The molecule has 1 aliphatic rings. The third kappa shape index (κ3) is 3.69. The van der Waals surface area contributed by atoms with E-state index in [4.69, 9.17) is 15.2 Å². The summed E-state index contributed by atoms with van der Waals surface area (Å²) in [6, 6.07) is 5.29. The first-order valence-electron chi connectivity index (χ1n) is 7.51. The average molecular weight is 308 g/mol. The number of likely N-dealkylation sites (tertiary alicyclic amines) is 1. The Morgan fingerprint density at radius 1 is 1.45 bits per heavy atom. The first-order chi connectivity index (χ1) is 10.6. The first-order valence-corrected chi connectivity index (χ1v) is 7.51. The Balaban J connectivity index is 2.29. The van der Waals surface area contributed by atoms with Gasteiger partial charge in [0, 0.05) is 25.2 Å². The van der Waals surface area contributed by atoms with Gasteiger partial charge in [-0.05, 0) is 26.0 Å². The standard InChI is InChI=1S/C16H24N2O4/c1-18-8-6-11(7-9-18)22-15-12(13(10-17)16(19)20)4-3-5-14(15)21-2/h3-5,11,13H,6-10,17H2,1-2H3,(H,19,20). The molecule has 1 aromatic carbocycles. The maximum atomic E-state index is 11.4. The van der Waals surface area contributed by atoms with Crippen LogP contribution in [0.2, 0.25) is 0 Å². The summed E-state index contributed by atoms with van der Waals surface area (Å²) >= 11 is 0. The fourth-order valence-electron chi connectivity index (χ4n) is 2.72. The number of nitrogens with zero attached hydrogens (tertiary/aromatic N) is 1. The number of hydrogen-bond acceptors (Lipinski definition) is 5. The highest BCUT2D eigenvalue weighted by molar-refractivity contribution is 5.78. The summed E-state index contributed by atoms with van der Waals surface area (Å²) in [5.74, 6) is -0.686. The molecule has 0 amide bonds. The minimum Gasteiger partial charge on any atom is -0.493 e. The smallest absolute Gasteiger partial charge is 0.312 e. The van der Waals surface area contributed by atoms with E-state index in [1.54, 1.807) is 25.3 Å². The van der Waals surface area contributed by atoms with Gasteiger partial charge < -0.3 is 25.2 Å². The largest absolute Gasteiger partial charge is 0.493 e. The van der Waals surface area contributed by atoms with Gasteiger partial charge in [-0.2, -0.15) is 0 Å². The van der Waals surface area contributed by atoms with E-state index >= 15 is 0 Å². The number of hydrogen-bond donors (Lipinski definition) is 2. The van der Waals surface area contributed by atoms with Crippen molar-refractivity contribution < 1.29 is 19.4 Å². The fourth-order valence-corrected chi connectivity index (χ4v) is 2.72. The lowest BCUT2D eigenvalue weighted by atomic mass is 9.97. The molecule has 0 saturated carbocycles. The molecular formula is C16H24N2O4. The number of para-hydroxylation sites is 1. The molecule has 1 heterocycles. The third-order valence-electron chi connectivity index (χ3n) is 4.09. The van der Waals surface area contributed by atoms with Gasteiger partial charge in [0.1, 0.15) is 6.10 Å². The minimum atomic E-state index is -0.955. The summed E-state index contributed by atoms with van der Waals surface area (Å²) in [7, 11) is 3.64. The molecule has 0 aromatic heterocycles. The number of nitrogens with two attached hydrogens (primary N) is 1. The van der Waals surface area contributed by atoms with E-state index in [-0.39, 0.29) is 12.6 Å². The van der Waals surface area contributed by atoms with Gasteiger partial charge in [0.05, 0.1) is 13.0 Å². The fraction of sp³-hybridized carbons (Fsp3) is 0.562. The molecular weight excluding hydrogens is 284 g/mol. The van der Waals surface area contributed by atoms with Gasteiger partial charge in [-0.1, -0.05) is 12.1 Å². The van der Waals surface area contributed by atoms with Crippen LogP contribution in [0.3, 0.4) is 0 Å². The highest BCUT2D eigenvalue weighted by atomic mass is 16.5. The van der Waals surface area contributed by atoms with Crippen molar-refractivity contribution in [1.29, 1.82) is 0 Å². The topological polar surface area (TPSA) is 85.0 Å². The highest BCUT2D eigenvalue weighted by Gasteiger charge is 2.27. The molecule has 0 aliphatic carbocycles. The van der Waals surface area contributed by atoms with Crippen molar-refractivity contribution in [2.45, 2.75) is 24.9 Å². The van der Waals surface area contributed by atoms with Gasteiger partial charge >= 0.3 is 5.97 Å². The number of aliphatic carboxylic acids is 1. The van der Waals surface area contributed by atoms with Crippen LogP contribution in [0.1, 0.15) is 24.3 Å². The lowest BCUT2D eigenvalue weighted by Gasteiger charge is -2.30. The molecule has 0 bridgehead atoms. The normalized spacial score (nSPS) is 18.0. The van der Waals surface area contributed by atoms with Gasteiger partial charge in [-0.3, -0.25) is 4.79 Å². The van der Waals surface area contributed by atoms with E-state index < -0.39 is 11.9 Å². The van der Waals surface area contributed by atoms with E-state index in [2.05, 4.69) is 11.9 Å². The summed E-state index contributed by atoms with van der Waals surface area (Å²) in [5, 5.41) is 9.37. The van der Waals surface area contributed by atoms with Crippen LogP contribution in [0.15, 0.2) is 18.2 Å². The molecule has 2 rings (SSSR count). The van der Waals surface area contributed by atoms with Crippen molar-refractivity contribution in [3.63, 3.8) is 0 Å². The molecule has 1 saturated heterocycles. The molecule has 1 aliphatic heterocycles. The molecule has 122 valence electrons. The molecule has 1 unspecified atom stereocenters. The Morgan fingerprint density at radius 2 is 2.14 bits per heavy atom. The zero-order chi connectivity index (χ0) is 16.1. The number of carbonyl (C=O) groups is 1. The number of methoxy groups -OCH3 is 1. The number of benzene rings is 1. The quantitative estimate of drug-likeness (QED) is 0.824. The van der Waals surface area contributed by atoms with Crippen molar-refractivity contribution in [1.82, 2.24) is 4.90 Å². The Hall–Kier alpha value is -1.79. The predicted molar refractivity (Wildman–Crippen MR) is 83.6 cm³/mol. The van der Waals surface area contributed by atoms with Crippen molar-refractivity contribution >= 4 is 5.97 Å². The van der Waals surface area contributed by atoms with Crippen molar-refractivity contribution in [2.24, 2.45) is 5.73 Å². The molecule has 1 fully saturated rings. The number of piperidine rings is 1. The van der Waals surface area contributed by atoms with Crippen LogP contribution in [-0.2, 0) is 4.79 Å². The summed E-state index contributed by atoms with van der Waals surface area (Å²) in [6.45, 7) is 1.95. The Labute approximate surface area is 130 Å². The first kappa shape index (κ1) is 16.6. The predicted octanol–water partition coefficient (Wildman–Crippen LogP) is 1.30. The Kier molecular flexibility index (Phi) is 5.63. The van der Waals surface area contributed by atoms with E-state index in [1.165, 1.54) is 0 Å². The maximum absolute atomic E-state index is 11.4. The zero-order valence-electron chi connectivity index (χ0n) is 13.1. The van der Waals surface area contributed by atoms with Crippen molar-refractivity contribution in [2.75, 3.05) is 33.8 Å².